The SMILES string of the molecule is Cc1nc(NC(=O)C2(CC(C)C)CCCC2)ccc1Br. The largest absolute Gasteiger partial charge is 0.310 e. The van der Waals surface area contributed by atoms with Gasteiger partial charge in [0, 0.05) is 9.89 Å². The minimum atomic E-state index is -0.184. The first-order valence-electron chi connectivity index (χ1n) is 7.37. The summed E-state index contributed by atoms with van der Waals surface area (Å²) in [5.74, 6) is 1.35. The van der Waals surface area contributed by atoms with Crippen molar-refractivity contribution >= 4 is 27.7 Å². The van der Waals surface area contributed by atoms with E-state index in [0.717, 1.165) is 42.3 Å². The molecular weight excluding hydrogens is 316 g/mol. The first-order valence-corrected chi connectivity index (χ1v) is 8.17. The molecule has 20 heavy (non-hydrogen) atoms. The Bertz CT molecular complexity index is 493. The van der Waals surface area contributed by atoms with E-state index in [1.807, 2.05) is 19.1 Å². The van der Waals surface area contributed by atoms with Gasteiger partial charge >= 0.3 is 0 Å². The van der Waals surface area contributed by atoms with Gasteiger partial charge in [-0.15, -0.1) is 0 Å². The molecular formula is C16H23BrN2O. The summed E-state index contributed by atoms with van der Waals surface area (Å²) in [4.78, 5) is 17.1. The average Bonchev–Trinajstić information content (AvgIpc) is 2.83. The number of rotatable bonds is 4. The predicted molar refractivity (Wildman–Crippen MR) is 85.7 cm³/mol. The van der Waals surface area contributed by atoms with E-state index in [4.69, 9.17) is 0 Å². The third kappa shape index (κ3) is 3.40. The minimum absolute atomic E-state index is 0.151. The molecule has 1 aliphatic carbocycles. The lowest BCUT2D eigenvalue weighted by Crippen LogP contribution is -2.35. The Hall–Kier alpha value is -0.900. The van der Waals surface area contributed by atoms with Crippen molar-refractivity contribution in [3.8, 4) is 0 Å². The molecule has 2 rings (SSSR count). The van der Waals surface area contributed by atoms with Crippen LogP contribution >= 0.6 is 15.9 Å². The number of nitrogens with one attached hydrogen (secondary N) is 1. The van der Waals surface area contributed by atoms with Crippen LogP contribution in [0.3, 0.4) is 0 Å². The van der Waals surface area contributed by atoms with Crippen LogP contribution in [0.5, 0.6) is 0 Å². The fourth-order valence-corrected chi connectivity index (χ4v) is 3.44. The summed E-state index contributed by atoms with van der Waals surface area (Å²) in [6.07, 6.45) is 5.30. The van der Waals surface area contributed by atoms with E-state index in [-0.39, 0.29) is 11.3 Å². The lowest BCUT2D eigenvalue weighted by atomic mass is 9.77. The van der Waals surface area contributed by atoms with Crippen molar-refractivity contribution in [1.82, 2.24) is 4.98 Å². The number of nitrogens with zero attached hydrogens (tertiary/aromatic N) is 1. The summed E-state index contributed by atoms with van der Waals surface area (Å²) < 4.78 is 0.966. The van der Waals surface area contributed by atoms with Gasteiger partial charge in [0.25, 0.3) is 0 Å². The van der Waals surface area contributed by atoms with E-state index in [1.165, 1.54) is 0 Å². The predicted octanol–water partition coefficient (Wildman–Crippen LogP) is 4.70. The second kappa shape index (κ2) is 6.25. The molecule has 1 aromatic rings. The molecule has 4 heteroatoms. The second-order valence-electron chi connectivity index (χ2n) is 6.30. The molecule has 1 saturated carbocycles. The van der Waals surface area contributed by atoms with E-state index < -0.39 is 0 Å². The van der Waals surface area contributed by atoms with Crippen molar-refractivity contribution in [2.24, 2.45) is 11.3 Å². The number of pyridine rings is 1. The van der Waals surface area contributed by atoms with E-state index in [1.54, 1.807) is 0 Å². The van der Waals surface area contributed by atoms with Crippen LogP contribution in [0.2, 0.25) is 0 Å². The monoisotopic (exact) mass is 338 g/mol. The molecule has 1 fully saturated rings. The first kappa shape index (κ1) is 15.5. The van der Waals surface area contributed by atoms with Crippen LogP contribution in [0, 0.1) is 18.3 Å². The van der Waals surface area contributed by atoms with Gasteiger partial charge in [0.15, 0.2) is 0 Å². The summed E-state index contributed by atoms with van der Waals surface area (Å²) in [5, 5.41) is 3.03. The molecule has 0 bridgehead atoms. The summed E-state index contributed by atoms with van der Waals surface area (Å²) >= 11 is 3.43. The van der Waals surface area contributed by atoms with E-state index in [0.29, 0.717) is 11.7 Å². The number of carbonyl (C=O) groups excluding carboxylic acids is 1. The Labute approximate surface area is 129 Å². The Morgan fingerprint density at radius 3 is 2.60 bits per heavy atom. The van der Waals surface area contributed by atoms with Crippen LogP contribution in [0.25, 0.3) is 0 Å². The Morgan fingerprint density at radius 1 is 1.40 bits per heavy atom. The van der Waals surface area contributed by atoms with Gasteiger partial charge in [0.1, 0.15) is 5.82 Å². The lowest BCUT2D eigenvalue weighted by molar-refractivity contribution is -0.126. The number of carbonyl (C=O) groups is 1. The van der Waals surface area contributed by atoms with Crippen molar-refractivity contribution in [1.29, 1.82) is 0 Å². The first-order chi connectivity index (χ1) is 9.43. The van der Waals surface area contributed by atoms with Gasteiger partial charge in [0.05, 0.1) is 5.69 Å². The standard InChI is InChI=1S/C16H23BrN2O/c1-11(2)10-16(8-4-5-9-16)15(20)19-14-7-6-13(17)12(3)18-14/h6-7,11H,4-5,8-10H2,1-3H3,(H,18,19,20). The van der Waals surface area contributed by atoms with Crippen LogP contribution in [0.4, 0.5) is 5.82 Å². The summed E-state index contributed by atoms with van der Waals surface area (Å²) in [7, 11) is 0. The molecule has 1 aliphatic rings. The molecule has 1 aromatic heterocycles. The van der Waals surface area contributed by atoms with Crippen LogP contribution in [0.15, 0.2) is 16.6 Å². The zero-order chi connectivity index (χ0) is 14.8. The Morgan fingerprint density at radius 2 is 2.05 bits per heavy atom. The van der Waals surface area contributed by atoms with E-state index in [9.17, 15) is 4.79 Å². The quantitative estimate of drug-likeness (QED) is 0.864. The molecule has 3 nitrogen and oxygen atoms in total. The van der Waals surface area contributed by atoms with Gasteiger partial charge in [-0.2, -0.15) is 0 Å². The van der Waals surface area contributed by atoms with Crippen LogP contribution in [-0.4, -0.2) is 10.9 Å². The zero-order valence-electron chi connectivity index (χ0n) is 12.5. The maximum Gasteiger partial charge on any atom is 0.231 e. The molecule has 1 heterocycles. The molecule has 110 valence electrons. The Balaban J connectivity index is 2.14. The zero-order valence-corrected chi connectivity index (χ0v) is 14.1. The van der Waals surface area contributed by atoms with Crippen molar-refractivity contribution < 1.29 is 4.79 Å². The van der Waals surface area contributed by atoms with Gasteiger partial charge < -0.3 is 5.32 Å². The number of amides is 1. The number of aromatic nitrogens is 1. The molecule has 0 atom stereocenters. The van der Waals surface area contributed by atoms with Crippen LogP contribution in [-0.2, 0) is 4.79 Å². The topological polar surface area (TPSA) is 42.0 Å². The van der Waals surface area contributed by atoms with Gasteiger partial charge in [-0.1, -0.05) is 26.7 Å². The summed E-state index contributed by atoms with van der Waals surface area (Å²) in [5.41, 5.74) is 0.712. The van der Waals surface area contributed by atoms with Gasteiger partial charge in [-0.25, -0.2) is 4.98 Å². The molecule has 0 unspecified atom stereocenters. The molecule has 0 radical (unpaired) electrons. The third-order valence-corrected chi connectivity index (χ3v) is 4.94. The minimum Gasteiger partial charge on any atom is -0.310 e. The van der Waals surface area contributed by atoms with Crippen LogP contribution < -0.4 is 5.32 Å². The molecule has 0 saturated heterocycles. The summed E-state index contributed by atoms with van der Waals surface area (Å²) in [6, 6.07) is 3.79. The van der Waals surface area contributed by atoms with Crippen molar-refractivity contribution in [2.45, 2.75) is 52.9 Å². The van der Waals surface area contributed by atoms with Crippen LogP contribution in [0.1, 0.15) is 51.6 Å². The average molecular weight is 339 g/mol. The molecule has 0 aliphatic heterocycles. The fourth-order valence-electron chi connectivity index (χ4n) is 3.22. The smallest absolute Gasteiger partial charge is 0.231 e. The van der Waals surface area contributed by atoms with Gasteiger partial charge in [0.2, 0.25) is 5.91 Å². The maximum atomic E-state index is 12.7. The number of anilines is 1. The normalized spacial score (nSPS) is 17.4. The van der Waals surface area contributed by atoms with E-state index >= 15 is 0 Å². The maximum absolute atomic E-state index is 12.7. The molecule has 1 amide bonds. The van der Waals surface area contributed by atoms with Crippen molar-refractivity contribution in [2.75, 3.05) is 5.32 Å². The van der Waals surface area contributed by atoms with Crippen molar-refractivity contribution in [3.63, 3.8) is 0 Å². The molecule has 1 N–H and O–H groups in total. The highest BCUT2D eigenvalue weighted by Gasteiger charge is 2.41. The lowest BCUT2D eigenvalue weighted by Gasteiger charge is -2.29. The summed E-state index contributed by atoms with van der Waals surface area (Å²) in [6.45, 7) is 6.31. The highest BCUT2D eigenvalue weighted by molar-refractivity contribution is 9.10. The fraction of sp³-hybridized carbons (Fsp3) is 0.625. The molecule has 0 spiro atoms. The van der Waals surface area contributed by atoms with E-state index in [2.05, 4.69) is 40.1 Å². The van der Waals surface area contributed by atoms with Crippen molar-refractivity contribution in [3.05, 3.63) is 22.3 Å². The number of aryl methyl sites for hydroxylation is 1. The number of halogens is 1. The van der Waals surface area contributed by atoms with Gasteiger partial charge in [-0.05, 0) is 60.2 Å². The van der Waals surface area contributed by atoms with Gasteiger partial charge in [-0.3, -0.25) is 4.79 Å². The number of hydrogen-bond donors (Lipinski definition) is 1. The molecule has 0 aromatic carbocycles. The Kier molecular flexibility index (Phi) is 4.84. The highest BCUT2D eigenvalue weighted by atomic mass is 79.9. The second-order valence-corrected chi connectivity index (χ2v) is 7.16. The highest BCUT2D eigenvalue weighted by Crippen LogP contribution is 2.44. The third-order valence-electron chi connectivity index (χ3n) is 4.10. The number of hydrogen-bond acceptors (Lipinski definition) is 2.